The molecular formula is C50H76O16. The molecule has 4 fully saturated rings. The highest BCUT2D eigenvalue weighted by atomic mass is 16.8. The molecule has 0 amide bonds. The van der Waals surface area contributed by atoms with Gasteiger partial charge < -0.3 is 56.9 Å². The number of hydrogen-bond donors (Lipinski definition) is 0. The van der Waals surface area contributed by atoms with E-state index in [9.17, 15) is 24.0 Å². The Morgan fingerprint density at radius 1 is 0.530 bits per heavy atom. The first-order valence-corrected chi connectivity index (χ1v) is 24.5. The van der Waals surface area contributed by atoms with Crippen LogP contribution in [-0.2, 0) is 71.3 Å². The minimum Gasteiger partial charge on any atom is -0.459 e. The van der Waals surface area contributed by atoms with Gasteiger partial charge in [0.15, 0.2) is 31.1 Å². The Bertz CT molecular complexity index is 1640. The predicted molar refractivity (Wildman–Crippen MR) is 239 cm³/mol. The van der Waals surface area contributed by atoms with E-state index < -0.39 is 104 Å². The summed E-state index contributed by atoms with van der Waals surface area (Å²) in [5.74, 6) is -2.56. The van der Waals surface area contributed by atoms with Crippen molar-refractivity contribution >= 4 is 29.7 Å². The summed E-state index contributed by atoms with van der Waals surface area (Å²) in [4.78, 5) is 62.9. The van der Waals surface area contributed by atoms with Crippen LogP contribution in [-0.4, -0.2) is 123 Å². The summed E-state index contributed by atoms with van der Waals surface area (Å²) < 4.78 is 68.7. The third-order valence-electron chi connectivity index (χ3n) is 12.8. The molecule has 16 nitrogen and oxygen atoms in total. The van der Waals surface area contributed by atoms with E-state index in [1.807, 2.05) is 6.92 Å². The highest BCUT2D eigenvalue weighted by Crippen LogP contribution is 2.37. The van der Waals surface area contributed by atoms with Crippen molar-refractivity contribution in [3.8, 4) is 0 Å². The molecule has 0 N–H and O–H groups in total. The van der Waals surface area contributed by atoms with Gasteiger partial charge in [0.25, 0.3) is 0 Å². The molecule has 1 aromatic rings. The van der Waals surface area contributed by atoms with Gasteiger partial charge in [-0.1, -0.05) is 95.2 Å². The molecule has 3 saturated heterocycles. The summed E-state index contributed by atoms with van der Waals surface area (Å²) >= 11 is 0. The maximum absolute atomic E-state index is 13.8. The average molecular weight is 933 g/mol. The Morgan fingerprint density at radius 2 is 1.03 bits per heavy atom. The van der Waals surface area contributed by atoms with Crippen molar-refractivity contribution in [3.63, 3.8) is 0 Å². The lowest BCUT2D eigenvalue weighted by molar-refractivity contribution is -0.359. The van der Waals surface area contributed by atoms with Crippen molar-refractivity contribution < 1.29 is 76.1 Å². The van der Waals surface area contributed by atoms with Crippen molar-refractivity contribution in [2.45, 2.75) is 243 Å². The van der Waals surface area contributed by atoms with Gasteiger partial charge in [0.05, 0.1) is 36.4 Å². The fourth-order valence-electron chi connectivity index (χ4n) is 9.45. The second kappa shape index (κ2) is 27.5. The molecule has 372 valence electrons. The van der Waals surface area contributed by atoms with Crippen molar-refractivity contribution in [1.82, 2.24) is 0 Å². The van der Waals surface area contributed by atoms with Gasteiger partial charge >= 0.3 is 23.9 Å². The van der Waals surface area contributed by atoms with Crippen molar-refractivity contribution in [2.75, 3.05) is 7.11 Å². The highest BCUT2D eigenvalue weighted by Gasteiger charge is 2.53. The van der Waals surface area contributed by atoms with E-state index in [1.165, 1.54) is 92.1 Å². The Morgan fingerprint density at radius 3 is 1.56 bits per heavy atom. The standard InChI is InChI=1S/C50H76O16/c1-31(51)27-28-41(54)63-44-32(2)58-43(30-39(44)60-35(5)52)64-46-34(4)59-50(48(47(46)56-7)65-49(55)37-23-19-18-20-24-37)66-45-33(3)57-42(29-40(45)61-36(6)53)62-38-25-21-16-14-12-10-8-9-11-13-15-17-22-26-38/h18-20,23-24,32-34,38-40,42-48,50H,8-17,21-22,25-30H2,1-7H3/t32-,33-,34+,39+,40+,42+,43+,44-,45-,46+,47-,48-,50+/m1/s1. The number of rotatable bonds is 15. The lowest BCUT2D eigenvalue weighted by Crippen LogP contribution is -2.64. The third kappa shape index (κ3) is 16.9. The van der Waals surface area contributed by atoms with E-state index in [4.69, 9.17) is 52.1 Å². The lowest BCUT2D eigenvalue weighted by atomic mass is 9.97. The van der Waals surface area contributed by atoms with Gasteiger partial charge in [0.1, 0.15) is 36.3 Å². The minimum atomic E-state index is -1.26. The van der Waals surface area contributed by atoms with E-state index in [2.05, 4.69) is 0 Å². The molecule has 0 bridgehead atoms. The zero-order valence-electron chi connectivity index (χ0n) is 40.2. The molecule has 0 unspecified atom stereocenters. The number of benzene rings is 1. The van der Waals surface area contributed by atoms with Crippen LogP contribution in [0.15, 0.2) is 30.3 Å². The van der Waals surface area contributed by atoms with Gasteiger partial charge in [0.2, 0.25) is 0 Å². The summed E-state index contributed by atoms with van der Waals surface area (Å²) in [6, 6.07) is 8.46. The number of carbonyl (C=O) groups is 5. The first-order chi connectivity index (χ1) is 31.7. The van der Waals surface area contributed by atoms with Crippen LogP contribution in [0.25, 0.3) is 0 Å². The second-order valence-electron chi connectivity index (χ2n) is 18.4. The first kappa shape index (κ1) is 53.4. The normalized spacial score (nSPS) is 33.3. The smallest absolute Gasteiger partial charge is 0.338 e. The van der Waals surface area contributed by atoms with Crippen LogP contribution < -0.4 is 0 Å². The zero-order chi connectivity index (χ0) is 47.6. The predicted octanol–water partition coefficient (Wildman–Crippen LogP) is 8.02. The molecule has 16 heteroatoms. The molecule has 0 radical (unpaired) electrons. The van der Waals surface area contributed by atoms with Crippen LogP contribution in [0.2, 0.25) is 0 Å². The molecule has 0 aromatic heterocycles. The molecule has 4 aliphatic rings. The summed E-state index contributed by atoms with van der Waals surface area (Å²) in [6.07, 6.45) is 4.76. The molecular weight excluding hydrogens is 857 g/mol. The summed E-state index contributed by atoms with van der Waals surface area (Å²) in [5, 5.41) is 0. The van der Waals surface area contributed by atoms with Crippen LogP contribution >= 0.6 is 0 Å². The Balaban J connectivity index is 1.33. The van der Waals surface area contributed by atoms with Crippen molar-refractivity contribution in [3.05, 3.63) is 35.9 Å². The molecule has 3 heterocycles. The number of ketones is 1. The topological polar surface area (TPSA) is 187 Å². The van der Waals surface area contributed by atoms with Gasteiger partial charge in [-0.05, 0) is 52.7 Å². The molecule has 3 aliphatic heterocycles. The zero-order valence-corrected chi connectivity index (χ0v) is 40.2. The largest absolute Gasteiger partial charge is 0.459 e. The number of ether oxygens (including phenoxy) is 11. The molecule has 1 aliphatic carbocycles. The minimum absolute atomic E-state index is 0.00514. The monoisotopic (exact) mass is 933 g/mol. The van der Waals surface area contributed by atoms with Gasteiger partial charge in [-0.25, -0.2) is 4.79 Å². The number of methoxy groups -OCH3 is 1. The summed E-state index contributed by atoms with van der Waals surface area (Å²) in [7, 11) is 1.45. The van der Waals surface area contributed by atoms with Crippen LogP contribution in [0.4, 0.5) is 0 Å². The van der Waals surface area contributed by atoms with E-state index >= 15 is 0 Å². The summed E-state index contributed by atoms with van der Waals surface area (Å²) in [6.45, 7) is 9.22. The molecule has 1 aromatic carbocycles. The van der Waals surface area contributed by atoms with Crippen molar-refractivity contribution in [1.29, 1.82) is 0 Å². The van der Waals surface area contributed by atoms with E-state index in [-0.39, 0.29) is 43.1 Å². The van der Waals surface area contributed by atoms with E-state index in [1.54, 1.807) is 44.2 Å². The van der Waals surface area contributed by atoms with Crippen LogP contribution in [0, 0.1) is 0 Å². The highest BCUT2D eigenvalue weighted by molar-refractivity contribution is 5.89. The van der Waals surface area contributed by atoms with Gasteiger partial charge in [-0.3, -0.25) is 14.4 Å². The first-order valence-electron chi connectivity index (χ1n) is 24.5. The van der Waals surface area contributed by atoms with Crippen LogP contribution in [0.1, 0.15) is 167 Å². The summed E-state index contributed by atoms with van der Waals surface area (Å²) in [5.41, 5.74) is 0.278. The van der Waals surface area contributed by atoms with E-state index in [0.717, 1.165) is 25.7 Å². The van der Waals surface area contributed by atoms with Crippen LogP contribution in [0.5, 0.6) is 0 Å². The third-order valence-corrected chi connectivity index (χ3v) is 12.8. The molecule has 1 saturated carbocycles. The maximum atomic E-state index is 13.8. The number of hydrogen-bond acceptors (Lipinski definition) is 16. The SMILES string of the molecule is CO[C@@H]1[C@@H](O[C@H]2C[C@H](OC(C)=O)[C@H](OC(=O)CCC(C)=O)[C@@H](C)O2)[C@H](C)O[C@@H](O[C@H]2[C@@H](OC(C)=O)C[C@H](OC3CCCCCCCCCCCCCC3)O[C@@H]2C)[C@@H]1OC(=O)c1ccccc1. The Labute approximate surface area is 391 Å². The van der Waals surface area contributed by atoms with Gasteiger partial charge in [-0.2, -0.15) is 0 Å². The second-order valence-corrected chi connectivity index (χ2v) is 18.4. The Kier molecular flexibility index (Phi) is 22.3. The maximum Gasteiger partial charge on any atom is 0.338 e. The molecule has 0 spiro atoms. The van der Waals surface area contributed by atoms with E-state index in [0.29, 0.717) is 0 Å². The fraction of sp³-hybridized carbons (Fsp3) is 0.780. The average Bonchev–Trinajstić information content (AvgIpc) is 3.27. The molecule has 5 rings (SSSR count). The van der Waals surface area contributed by atoms with Gasteiger partial charge in [0, 0.05) is 40.2 Å². The lowest BCUT2D eigenvalue weighted by Gasteiger charge is -2.48. The molecule has 13 atom stereocenters. The molecule has 66 heavy (non-hydrogen) atoms. The Hall–Kier alpha value is -3.51. The number of carbonyl (C=O) groups excluding carboxylic acids is 5. The van der Waals surface area contributed by atoms with Crippen LogP contribution in [0.3, 0.4) is 0 Å². The number of Topliss-reactive ketones (excluding diaryl/α,β-unsaturated/α-hetero) is 1. The number of esters is 4. The quantitative estimate of drug-likeness (QED) is 0.121. The van der Waals surface area contributed by atoms with Gasteiger partial charge in [-0.15, -0.1) is 0 Å². The fourth-order valence-corrected chi connectivity index (χ4v) is 9.45. The van der Waals surface area contributed by atoms with Crippen molar-refractivity contribution in [2.24, 2.45) is 0 Å².